The second kappa shape index (κ2) is 12.5. The highest BCUT2D eigenvalue weighted by molar-refractivity contribution is 5.90. The van der Waals surface area contributed by atoms with Crippen LogP contribution < -0.4 is 0 Å². The molecule has 1 aromatic heterocycles. The average molecular weight is 335 g/mol. The van der Waals surface area contributed by atoms with E-state index in [-0.39, 0.29) is 11.3 Å². The van der Waals surface area contributed by atoms with E-state index >= 15 is 0 Å². The van der Waals surface area contributed by atoms with Crippen molar-refractivity contribution < 1.29 is 19.4 Å². The number of carbonyl (C=O) groups is 2. The molecule has 0 radical (unpaired) electrons. The van der Waals surface area contributed by atoms with Crippen LogP contribution in [0.2, 0.25) is 0 Å². The van der Waals surface area contributed by atoms with E-state index in [4.69, 9.17) is 9.84 Å². The van der Waals surface area contributed by atoms with Gasteiger partial charge in [0.15, 0.2) is 0 Å². The maximum Gasteiger partial charge on any atom is 0.354 e. The Morgan fingerprint density at radius 3 is 2.04 bits per heavy atom. The van der Waals surface area contributed by atoms with Crippen molar-refractivity contribution in [3.05, 3.63) is 29.6 Å². The molecule has 0 saturated carbocycles. The topological polar surface area (TPSA) is 76.5 Å². The van der Waals surface area contributed by atoms with Crippen LogP contribution in [-0.4, -0.2) is 28.6 Å². The summed E-state index contributed by atoms with van der Waals surface area (Å²) in [6.45, 7) is 2.63. The number of carboxylic acids is 1. The molecule has 0 aliphatic rings. The van der Waals surface area contributed by atoms with Gasteiger partial charge in [0, 0.05) is 6.20 Å². The van der Waals surface area contributed by atoms with Crippen LogP contribution in [0.25, 0.3) is 0 Å². The molecule has 0 bridgehead atoms. The summed E-state index contributed by atoms with van der Waals surface area (Å²) in [5.41, 5.74) is 0.202. The van der Waals surface area contributed by atoms with Gasteiger partial charge in [-0.3, -0.25) is 0 Å². The fourth-order valence-electron chi connectivity index (χ4n) is 2.48. The second-order valence-corrected chi connectivity index (χ2v) is 6.06. The first kappa shape index (κ1) is 20.1. The van der Waals surface area contributed by atoms with Gasteiger partial charge in [0.25, 0.3) is 0 Å². The normalized spacial score (nSPS) is 10.5. The Labute approximate surface area is 144 Å². The zero-order valence-corrected chi connectivity index (χ0v) is 14.6. The number of rotatable bonds is 13. The van der Waals surface area contributed by atoms with Gasteiger partial charge in [0.2, 0.25) is 0 Å². The highest BCUT2D eigenvalue weighted by Crippen LogP contribution is 2.11. The third kappa shape index (κ3) is 8.65. The van der Waals surface area contributed by atoms with E-state index in [1.807, 2.05) is 0 Å². The summed E-state index contributed by atoms with van der Waals surface area (Å²) in [4.78, 5) is 26.2. The van der Waals surface area contributed by atoms with Gasteiger partial charge >= 0.3 is 11.9 Å². The first-order valence-electron chi connectivity index (χ1n) is 9.01. The van der Waals surface area contributed by atoms with E-state index in [0.29, 0.717) is 6.61 Å². The number of nitrogens with zero attached hydrogens (tertiary/aromatic N) is 1. The molecule has 1 rings (SSSR count). The smallest absolute Gasteiger partial charge is 0.354 e. The molecule has 0 amide bonds. The van der Waals surface area contributed by atoms with Gasteiger partial charge in [-0.15, -0.1) is 0 Å². The summed E-state index contributed by atoms with van der Waals surface area (Å²) >= 11 is 0. The van der Waals surface area contributed by atoms with E-state index in [1.54, 1.807) is 0 Å². The number of carboxylic acid groups (broad SMARTS) is 1. The molecule has 0 aliphatic heterocycles. The molecular weight excluding hydrogens is 306 g/mol. The molecule has 1 N–H and O–H groups in total. The maximum absolute atomic E-state index is 11.8. The fourth-order valence-corrected chi connectivity index (χ4v) is 2.48. The molecule has 0 saturated heterocycles. The minimum Gasteiger partial charge on any atom is -0.477 e. The van der Waals surface area contributed by atoms with Gasteiger partial charge in [-0.1, -0.05) is 64.7 Å². The molecule has 0 spiro atoms. The van der Waals surface area contributed by atoms with Crippen LogP contribution in [-0.2, 0) is 4.74 Å². The Bertz CT molecular complexity index is 485. The third-order valence-corrected chi connectivity index (χ3v) is 3.95. The van der Waals surface area contributed by atoms with E-state index in [9.17, 15) is 9.59 Å². The van der Waals surface area contributed by atoms with E-state index in [1.165, 1.54) is 69.7 Å². The number of unbranched alkanes of at least 4 members (excludes halogenated alkanes) is 9. The third-order valence-electron chi connectivity index (χ3n) is 3.95. The number of hydrogen-bond donors (Lipinski definition) is 1. The van der Waals surface area contributed by atoms with Crippen molar-refractivity contribution >= 4 is 11.9 Å². The van der Waals surface area contributed by atoms with Crippen molar-refractivity contribution in [1.82, 2.24) is 4.98 Å². The SMILES string of the molecule is CCCCCCCCCCCCOC(=O)c1ccc(C(=O)O)nc1. The lowest BCUT2D eigenvalue weighted by atomic mass is 10.1. The highest BCUT2D eigenvalue weighted by Gasteiger charge is 2.09. The van der Waals surface area contributed by atoms with Crippen LogP contribution in [0, 0.1) is 0 Å². The molecular formula is C19H29NO4. The van der Waals surface area contributed by atoms with Crippen LogP contribution in [0.4, 0.5) is 0 Å². The molecule has 0 atom stereocenters. The summed E-state index contributed by atoms with van der Waals surface area (Å²) in [6, 6.07) is 2.73. The molecule has 5 nitrogen and oxygen atoms in total. The number of aromatic carboxylic acids is 1. The van der Waals surface area contributed by atoms with Crippen molar-refractivity contribution in [2.75, 3.05) is 6.61 Å². The van der Waals surface area contributed by atoms with Crippen molar-refractivity contribution in [3.63, 3.8) is 0 Å². The largest absolute Gasteiger partial charge is 0.477 e. The van der Waals surface area contributed by atoms with Gasteiger partial charge in [0.1, 0.15) is 5.69 Å². The van der Waals surface area contributed by atoms with Crippen LogP contribution in [0.1, 0.15) is 92.0 Å². The van der Waals surface area contributed by atoms with Gasteiger partial charge in [-0.05, 0) is 18.6 Å². The summed E-state index contributed by atoms with van der Waals surface area (Å²) in [5.74, 6) is -1.56. The van der Waals surface area contributed by atoms with Crippen LogP contribution in [0.3, 0.4) is 0 Å². The van der Waals surface area contributed by atoms with E-state index in [2.05, 4.69) is 11.9 Å². The fraction of sp³-hybridized carbons (Fsp3) is 0.632. The van der Waals surface area contributed by atoms with E-state index < -0.39 is 11.9 Å². The minimum atomic E-state index is -1.11. The van der Waals surface area contributed by atoms with Crippen molar-refractivity contribution in [3.8, 4) is 0 Å². The molecule has 134 valence electrons. The molecule has 24 heavy (non-hydrogen) atoms. The van der Waals surface area contributed by atoms with Crippen molar-refractivity contribution in [2.45, 2.75) is 71.1 Å². The second-order valence-electron chi connectivity index (χ2n) is 6.06. The first-order chi connectivity index (χ1) is 11.6. The zero-order valence-electron chi connectivity index (χ0n) is 14.6. The monoisotopic (exact) mass is 335 g/mol. The Balaban J connectivity index is 2.02. The van der Waals surface area contributed by atoms with Gasteiger partial charge in [0.05, 0.1) is 12.2 Å². The van der Waals surface area contributed by atoms with Crippen molar-refractivity contribution in [1.29, 1.82) is 0 Å². The van der Waals surface area contributed by atoms with Crippen LogP contribution in [0.15, 0.2) is 18.3 Å². The molecule has 0 aromatic carbocycles. The standard InChI is InChI=1S/C19H29NO4/c1-2-3-4-5-6-7-8-9-10-11-14-24-19(23)16-12-13-17(18(21)22)20-15-16/h12-13,15H,2-11,14H2,1H3,(H,21,22). The highest BCUT2D eigenvalue weighted by atomic mass is 16.5. The average Bonchev–Trinajstić information content (AvgIpc) is 2.59. The Kier molecular flexibility index (Phi) is 10.5. The predicted molar refractivity (Wildman–Crippen MR) is 93.3 cm³/mol. The number of ether oxygens (including phenoxy) is 1. The lowest BCUT2D eigenvalue weighted by Gasteiger charge is -2.05. The molecule has 0 aliphatic carbocycles. The number of carbonyl (C=O) groups excluding carboxylic acids is 1. The summed E-state index contributed by atoms with van der Waals surface area (Å²) in [6.07, 6.45) is 13.6. The number of pyridine rings is 1. The lowest BCUT2D eigenvalue weighted by Crippen LogP contribution is -2.08. The summed E-state index contributed by atoms with van der Waals surface area (Å²) in [5, 5.41) is 8.75. The van der Waals surface area contributed by atoms with Gasteiger partial charge < -0.3 is 9.84 Å². The number of hydrogen-bond acceptors (Lipinski definition) is 4. The first-order valence-corrected chi connectivity index (χ1v) is 9.01. The van der Waals surface area contributed by atoms with Crippen molar-refractivity contribution in [2.24, 2.45) is 0 Å². The zero-order chi connectivity index (χ0) is 17.6. The van der Waals surface area contributed by atoms with Crippen LogP contribution in [0.5, 0.6) is 0 Å². The molecule has 0 fully saturated rings. The van der Waals surface area contributed by atoms with E-state index in [0.717, 1.165) is 12.8 Å². The Morgan fingerprint density at radius 2 is 1.54 bits per heavy atom. The number of aromatic nitrogens is 1. The molecule has 0 unspecified atom stereocenters. The molecule has 1 heterocycles. The predicted octanol–water partition coefficient (Wildman–Crippen LogP) is 4.86. The lowest BCUT2D eigenvalue weighted by molar-refractivity contribution is 0.0495. The molecule has 5 heteroatoms. The minimum absolute atomic E-state index is 0.0822. The van der Waals surface area contributed by atoms with Gasteiger partial charge in [-0.2, -0.15) is 0 Å². The maximum atomic E-state index is 11.8. The Hall–Kier alpha value is -1.91. The number of esters is 1. The molecule has 1 aromatic rings. The quantitative estimate of drug-likeness (QED) is 0.411. The summed E-state index contributed by atoms with van der Waals surface area (Å²) in [7, 11) is 0. The summed E-state index contributed by atoms with van der Waals surface area (Å²) < 4.78 is 5.17. The van der Waals surface area contributed by atoms with Crippen LogP contribution >= 0.6 is 0 Å². The van der Waals surface area contributed by atoms with Gasteiger partial charge in [-0.25, -0.2) is 14.6 Å². The Morgan fingerprint density at radius 1 is 0.958 bits per heavy atom.